The van der Waals surface area contributed by atoms with Crippen LogP contribution in [0.25, 0.3) is 84.6 Å². The summed E-state index contributed by atoms with van der Waals surface area (Å²) in [5.74, 6) is 2.57. The molecule has 0 saturated carbocycles. The number of anilines is 1. The van der Waals surface area contributed by atoms with Crippen LogP contribution < -0.4 is 5.32 Å². The zero-order valence-corrected chi connectivity index (χ0v) is 26.5. The van der Waals surface area contributed by atoms with E-state index in [2.05, 4.69) is 127 Å². The molecule has 0 fully saturated rings. The smallest absolute Gasteiger partial charge is 0.201 e. The molecule has 0 radical (unpaired) electrons. The van der Waals surface area contributed by atoms with Crippen LogP contribution in [0.15, 0.2) is 162 Å². The van der Waals surface area contributed by atoms with Gasteiger partial charge in [-0.3, -0.25) is 0 Å². The van der Waals surface area contributed by atoms with Crippen molar-refractivity contribution in [3.63, 3.8) is 0 Å². The highest BCUT2D eigenvalue weighted by molar-refractivity contribution is 6.05. The molecule has 9 rings (SSSR count). The van der Waals surface area contributed by atoms with Gasteiger partial charge in [0, 0.05) is 34.2 Å². The number of furan rings is 1. The molecule has 0 saturated heterocycles. The standard InChI is InChI=1S/C44H30N4O/c1-4-11-29(12-5-1)31-18-20-33(21-19-31)36-27-38(40-37-17-10-26-45-44(37)49-39(40)28-36)43-47-41(34-15-8-3-9-16-34)46-42(48-43)35-24-22-32(23-25-35)30-13-6-2-7-14-30/h1-25,27-28,45H,26H2. The van der Waals surface area contributed by atoms with Crippen LogP contribution in [-0.2, 0) is 0 Å². The summed E-state index contributed by atoms with van der Waals surface area (Å²) in [6, 6.07) is 52.3. The summed E-state index contributed by atoms with van der Waals surface area (Å²) in [6.07, 6.45) is 4.23. The summed E-state index contributed by atoms with van der Waals surface area (Å²) >= 11 is 0. The molecule has 2 aromatic heterocycles. The zero-order chi connectivity index (χ0) is 32.6. The first-order valence-corrected chi connectivity index (χ1v) is 16.4. The maximum absolute atomic E-state index is 6.46. The number of hydrogen-bond donors (Lipinski definition) is 1. The van der Waals surface area contributed by atoms with Crippen LogP contribution in [0.3, 0.4) is 0 Å². The van der Waals surface area contributed by atoms with Crippen molar-refractivity contribution in [1.82, 2.24) is 15.0 Å². The average molecular weight is 631 g/mol. The molecule has 3 heterocycles. The Kier molecular flexibility index (Phi) is 7.13. The summed E-state index contributed by atoms with van der Waals surface area (Å²) in [7, 11) is 0. The van der Waals surface area contributed by atoms with Crippen molar-refractivity contribution in [3.05, 3.63) is 163 Å². The summed E-state index contributed by atoms with van der Waals surface area (Å²) in [5.41, 5.74) is 11.3. The van der Waals surface area contributed by atoms with Gasteiger partial charge in [0.2, 0.25) is 5.88 Å². The molecule has 1 N–H and O–H groups in total. The molecule has 232 valence electrons. The molecule has 1 aliphatic heterocycles. The summed E-state index contributed by atoms with van der Waals surface area (Å²) < 4.78 is 6.46. The third kappa shape index (κ3) is 5.47. The van der Waals surface area contributed by atoms with Crippen molar-refractivity contribution in [2.45, 2.75) is 0 Å². The Hall–Kier alpha value is -6.59. The van der Waals surface area contributed by atoms with Crippen LogP contribution >= 0.6 is 0 Å². The lowest BCUT2D eigenvalue weighted by atomic mass is 9.95. The maximum Gasteiger partial charge on any atom is 0.201 e. The topological polar surface area (TPSA) is 63.8 Å². The van der Waals surface area contributed by atoms with E-state index >= 15 is 0 Å². The Bertz CT molecular complexity index is 2450. The first kappa shape index (κ1) is 28.6. The van der Waals surface area contributed by atoms with Gasteiger partial charge in [-0.1, -0.05) is 152 Å². The monoisotopic (exact) mass is 630 g/mol. The second-order valence-electron chi connectivity index (χ2n) is 12.1. The molecule has 49 heavy (non-hydrogen) atoms. The van der Waals surface area contributed by atoms with E-state index in [1.165, 1.54) is 11.1 Å². The minimum atomic E-state index is 0.589. The number of benzene rings is 6. The van der Waals surface area contributed by atoms with Crippen LogP contribution in [0.4, 0.5) is 5.88 Å². The number of hydrogen-bond acceptors (Lipinski definition) is 5. The van der Waals surface area contributed by atoms with Gasteiger partial charge < -0.3 is 9.73 Å². The molecule has 0 aliphatic carbocycles. The van der Waals surface area contributed by atoms with Gasteiger partial charge in [-0.25, -0.2) is 15.0 Å². The van der Waals surface area contributed by atoms with Crippen molar-refractivity contribution < 1.29 is 4.42 Å². The lowest BCUT2D eigenvalue weighted by molar-refractivity contribution is 0.628. The van der Waals surface area contributed by atoms with Gasteiger partial charge in [0.05, 0.1) is 0 Å². The number of aromatic nitrogens is 3. The Morgan fingerprint density at radius 1 is 0.449 bits per heavy atom. The van der Waals surface area contributed by atoms with Crippen molar-refractivity contribution in [2.24, 2.45) is 0 Å². The highest BCUT2D eigenvalue weighted by Gasteiger charge is 2.23. The third-order valence-electron chi connectivity index (χ3n) is 8.98. The molecule has 5 heteroatoms. The quantitative estimate of drug-likeness (QED) is 0.198. The van der Waals surface area contributed by atoms with Gasteiger partial charge >= 0.3 is 0 Å². The van der Waals surface area contributed by atoms with Crippen LogP contribution in [0, 0.1) is 0 Å². The van der Waals surface area contributed by atoms with Gasteiger partial charge in [-0.05, 0) is 45.5 Å². The largest absolute Gasteiger partial charge is 0.440 e. The number of nitrogens with zero attached hydrogens (tertiary/aromatic N) is 3. The SMILES string of the molecule is C1=Cc2c(oc3cc(-c4ccc(-c5ccccc5)cc4)cc(-c4nc(-c5ccccc5)nc(-c5ccc(-c6ccccc6)cc5)n4)c23)NC1. The summed E-state index contributed by atoms with van der Waals surface area (Å²) in [6.45, 7) is 0.711. The molecule has 8 aromatic rings. The van der Waals surface area contributed by atoms with Crippen molar-refractivity contribution in [2.75, 3.05) is 11.9 Å². The Morgan fingerprint density at radius 2 is 0.898 bits per heavy atom. The first-order chi connectivity index (χ1) is 24.3. The van der Waals surface area contributed by atoms with E-state index in [4.69, 9.17) is 19.4 Å². The molecule has 0 amide bonds. The number of fused-ring (bicyclic) bond motifs is 3. The lowest BCUT2D eigenvalue weighted by Crippen LogP contribution is -2.02. The maximum atomic E-state index is 6.46. The molecule has 6 aromatic carbocycles. The minimum absolute atomic E-state index is 0.589. The Labute approximate surface area is 284 Å². The van der Waals surface area contributed by atoms with E-state index in [1.54, 1.807) is 0 Å². The first-order valence-electron chi connectivity index (χ1n) is 16.4. The molecule has 0 unspecified atom stereocenters. The van der Waals surface area contributed by atoms with E-state index in [0.717, 1.165) is 61.4 Å². The van der Waals surface area contributed by atoms with Gasteiger partial charge in [-0.15, -0.1) is 0 Å². The summed E-state index contributed by atoms with van der Waals surface area (Å²) in [5, 5.41) is 4.37. The molecule has 5 nitrogen and oxygen atoms in total. The Balaban J connectivity index is 1.22. The third-order valence-corrected chi connectivity index (χ3v) is 8.98. The molecular weight excluding hydrogens is 601 g/mol. The van der Waals surface area contributed by atoms with Crippen LogP contribution in [0.5, 0.6) is 0 Å². The van der Waals surface area contributed by atoms with Crippen molar-refractivity contribution in [1.29, 1.82) is 0 Å². The summed E-state index contributed by atoms with van der Waals surface area (Å²) in [4.78, 5) is 15.3. The van der Waals surface area contributed by atoms with E-state index in [9.17, 15) is 0 Å². The van der Waals surface area contributed by atoms with Gasteiger partial charge in [0.25, 0.3) is 0 Å². The lowest BCUT2D eigenvalue weighted by Gasteiger charge is -2.12. The number of rotatable bonds is 6. The van der Waals surface area contributed by atoms with E-state index in [0.29, 0.717) is 24.0 Å². The van der Waals surface area contributed by atoms with Gasteiger partial charge in [0.1, 0.15) is 5.58 Å². The van der Waals surface area contributed by atoms with Crippen LogP contribution in [0.1, 0.15) is 5.56 Å². The van der Waals surface area contributed by atoms with Crippen LogP contribution in [-0.4, -0.2) is 21.5 Å². The van der Waals surface area contributed by atoms with Gasteiger partial charge in [0.15, 0.2) is 17.5 Å². The van der Waals surface area contributed by atoms with E-state index < -0.39 is 0 Å². The average Bonchev–Trinajstić information content (AvgIpc) is 3.57. The Morgan fingerprint density at radius 3 is 1.47 bits per heavy atom. The molecule has 0 bridgehead atoms. The fraction of sp³-hybridized carbons (Fsp3) is 0.0227. The molecule has 0 spiro atoms. The predicted octanol–water partition coefficient (Wildman–Crippen LogP) is 11.1. The van der Waals surface area contributed by atoms with Crippen molar-refractivity contribution in [3.8, 4) is 67.5 Å². The minimum Gasteiger partial charge on any atom is -0.440 e. The van der Waals surface area contributed by atoms with Crippen molar-refractivity contribution >= 4 is 22.9 Å². The second-order valence-corrected chi connectivity index (χ2v) is 12.1. The fourth-order valence-corrected chi connectivity index (χ4v) is 6.48. The number of nitrogens with one attached hydrogen (secondary N) is 1. The normalized spacial score (nSPS) is 12.1. The van der Waals surface area contributed by atoms with Gasteiger partial charge in [-0.2, -0.15) is 0 Å². The molecular formula is C44H30N4O. The van der Waals surface area contributed by atoms with E-state index in [1.807, 2.05) is 42.5 Å². The highest BCUT2D eigenvalue weighted by atomic mass is 16.3. The highest BCUT2D eigenvalue weighted by Crippen LogP contribution is 2.42. The second kappa shape index (κ2) is 12.2. The van der Waals surface area contributed by atoms with E-state index in [-0.39, 0.29) is 0 Å². The molecule has 0 atom stereocenters. The predicted molar refractivity (Wildman–Crippen MR) is 200 cm³/mol. The zero-order valence-electron chi connectivity index (χ0n) is 26.5. The molecule has 1 aliphatic rings. The fourth-order valence-electron chi connectivity index (χ4n) is 6.48. The van der Waals surface area contributed by atoms with Crippen LogP contribution in [0.2, 0.25) is 0 Å².